The van der Waals surface area contributed by atoms with Gasteiger partial charge in [-0.1, -0.05) is 23.8 Å². The zero-order chi connectivity index (χ0) is 23.1. The molecule has 0 fully saturated rings. The van der Waals surface area contributed by atoms with Crippen LogP contribution < -0.4 is 14.9 Å². The molecule has 0 aliphatic rings. The number of ether oxygens (including phenoxy) is 2. The summed E-state index contributed by atoms with van der Waals surface area (Å²) in [7, 11) is 1.40. The first-order chi connectivity index (χ1) is 15.4. The van der Waals surface area contributed by atoms with Gasteiger partial charge in [0.2, 0.25) is 5.75 Å². The fourth-order valence-electron chi connectivity index (χ4n) is 2.95. The molecule has 9 nitrogen and oxygen atoms in total. The van der Waals surface area contributed by atoms with Gasteiger partial charge >= 0.3 is 5.69 Å². The Bertz CT molecular complexity index is 1160. The average Bonchev–Trinajstić information content (AvgIpc) is 2.80. The van der Waals surface area contributed by atoms with E-state index in [0.717, 1.165) is 16.7 Å². The predicted octanol–water partition coefficient (Wildman–Crippen LogP) is 3.96. The molecule has 164 valence electrons. The molecule has 0 unspecified atom stereocenters. The molecule has 3 rings (SSSR count). The Morgan fingerprint density at radius 2 is 1.94 bits per heavy atom. The number of rotatable bonds is 8. The number of methoxy groups -OCH3 is 1. The van der Waals surface area contributed by atoms with E-state index in [0.29, 0.717) is 11.1 Å². The van der Waals surface area contributed by atoms with Crippen molar-refractivity contribution in [2.45, 2.75) is 20.5 Å². The summed E-state index contributed by atoms with van der Waals surface area (Å²) < 4.78 is 11.1. The first-order valence-electron chi connectivity index (χ1n) is 9.68. The molecule has 32 heavy (non-hydrogen) atoms. The van der Waals surface area contributed by atoms with E-state index in [4.69, 9.17) is 9.47 Å². The lowest BCUT2D eigenvalue weighted by Gasteiger charge is -2.13. The van der Waals surface area contributed by atoms with Gasteiger partial charge < -0.3 is 9.47 Å². The van der Waals surface area contributed by atoms with Crippen LogP contribution in [0, 0.1) is 24.0 Å². The van der Waals surface area contributed by atoms with Crippen LogP contribution in [-0.4, -0.2) is 29.1 Å². The van der Waals surface area contributed by atoms with E-state index in [1.54, 1.807) is 18.2 Å². The summed E-state index contributed by atoms with van der Waals surface area (Å²) in [5, 5.41) is 15.6. The minimum Gasteiger partial charge on any atom is -0.493 e. The van der Waals surface area contributed by atoms with Gasteiger partial charge in [-0.15, -0.1) is 0 Å². The summed E-state index contributed by atoms with van der Waals surface area (Å²) in [6.07, 6.45) is 4.27. The number of aryl methyl sites for hydroxylation is 2. The minimum absolute atomic E-state index is 0.0244. The van der Waals surface area contributed by atoms with Gasteiger partial charge in [0.15, 0.2) is 5.75 Å². The lowest BCUT2D eigenvalue weighted by atomic mass is 10.1. The van der Waals surface area contributed by atoms with Crippen LogP contribution in [-0.2, 0) is 6.61 Å². The number of nitrogens with one attached hydrogen (secondary N) is 1. The maximum Gasteiger partial charge on any atom is 0.315 e. The molecule has 1 heterocycles. The lowest BCUT2D eigenvalue weighted by molar-refractivity contribution is -0.386. The second-order valence-corrected chi connectivity index (χ2v) is 6.98. The highest BCUT2D eigenvalue weighted by Crippen LogP contribution is 2.38. The van der Waals surface area contributed by atoms with Crippen LogP contribution in [0.4, 0.5) is 5.69 Å². The molecule has 0 spiro atoms. The first kappa shape index (κ1) is 22.4. The third kappa shape index (κ3) is 5.45. The van der Waals surface area contributed by atoms with Gasteiger partial charge in [-0.05, 0) is 43.2 Å². The number of nitro benzene ring substituents is 1. The predicted molar refractivity (Wildman–Crippen MR) is 119 cm³/mol. The normalized spacial score (nSPS) is 10.7. The molecule has 1 aromatic heterocycles. The molecule has 1 N–H and O–H groups in total. The summed E-state index contributed by atoms with van der Waals surface area (Å²) in [6, 6.07) is 11.9. The fraction of sp³-hybridized carbons (Fsp3) is 0.174. The van der Waals surface area contributed by atoms with E-state index >= 15 is 0 Å². The summed E-state index contributed by atoms with van der Waals surface area (Å²) in [5.74, 6) is -0.221. The third-order valence-corrected chi connectivity index (χ3v) is 4.67. The molecule has 0 saturated heterocycles. The standard InChI is InChI=1S/C23H22N4O5/c1-15-4-5-16(2)19(10-15)14-32-22-20(27(29)30)11-17(12-21(22)31-3)13-25-26-23(28)18-6-8-24-9-7-18/h4-13H,14H2,1-3H3,(H,26,28)/b25-13-. The van der Waals surface area contributed by atoms with E-state index in [2.05, 4.69) is 15.5 Å². The van der Waals surface area contributed by atoms with E-state index in [1.165, 1.54) is 31.8 Å². The number of nitrogens with zero attached hydrogens (tertiary/aromatic N) is 3. The Balaban J connectivity index is 1.82. The van der Waals surface area contributed by atoms with Gasteiger partial charge in [0.1, 0.15) is 6.61 Å². The largest absolute Gasteiger partial charge is 0.493 e. The molecule has 0 saturated carbocycles. The van der Waals surface area contributed by atoms with Crippen LogP contribution in [0.25, 0.3) is 0 Å². The van der Waals surface area contributed by atoms with Crippen LogP contribution in [0.3, 0.4) is 0 Å². The van der Waals surface area contributed by atoms with Crippen molar-refractivity contribution in [2.24, 2.45) is 5.10 Å². The van der Waals surface area contributed by atoms with E-state index in [9.17, 15) is 14.9 Å². The Labute approximate surface area is 184 Å². The molecule has 2 aromatic carbocycles. The molecular formula is C23H22N4O5. The molecule has 0 bridgehead atoms. The molecule has 1 amide bonds. The number of pyridine rings is 1. The van der Waals surface area contributed by atoms with Crippen molar-refractivity contribution < 1.29 is 19.2 Å². The average molecular weight is 434 g/mol. The Kier molecular flexibility index (Phi) is 7.12. The zero-order valence-electron chi connectivity index (χ0n) is 17.9. The topological polar surface area (TPSA) is 116 Å². The number of carbonyl (C=O) groups is 1. The molecule has 9 heteroatoms. The van der Waals surface area contributed by atoms with Gasteiger partial charge in [0, 0.05) is 29.6 Å². The van der Waals surface area contributed by atoms with Gasteiger partial charge in [0.05, 0.1) is 18.2 Å². The number of hydrogen-bond donors (Lipinski definition) is 1. The Morgan fingerprint density at radius 3 is 2.62 bits per heavy atom. The second kappa shape index (κ2) is 10.2. The molecular weight excluding hydrogens is 412 g/mol. The van der Waals surface area contributed by atoms with Crippen molar-refractivity contribution in [2.75, 3.05) is 7.11 Å². The van der Waals surface area contributed by atoms with Gasteiger partial charge in [0.25, 0.3) is 5.91 Å². The van der Waals surface area contributed by atoms with Crippen LogP contribution in [0.15, 0.2) is 60.0 Å². The van der Waals surface area contributed by atoms with Crippen LogP contribution in [0.5, 0.6) is 11.5 Å². The number of aromatic nitrogens is 1. The van der Waals surface area contributed by atoms with Crippen LogP contribution >= 0.6 is 0 Å². The van der Waals surface area contributed by atoms with Gasteiger partial charge in [-0.3, -0.25) is 19.9 Å². The SMILES string of the molecule is COc1cc(/C=N\NC(=O)c2ccncc2)cc([N+](=O)[O-])c1OCc1cc(C)ccc1C. The summed E-state index contributed by atoms with van der Waals surface area (Å²) in [5.41, 5.74) is 5.86. The number of hydrazone groups is 1. The van der Waals surface area contributed by atoms with Crippen molar-refractivity contribution in [3.63, 3.8) is 0 Å². The highest BCUT2D eigenvalue weighted by molar-refractivity contribution is 5.94. The fourth-order valence-corrected chi connectivity index (χ4v) is 2.95. The highest BCUT2D eigenvalue weighted by Gasteiger charge is 2.22. The van der Waals surface area contributed by atoms with Crippen molar-refractivity contribution in [1.29, 1.82) is 0 Å². The van der Waals surface area contributed by atoms with Crippen molar-refractivity contribution >= 4 is 17.8 Å². The number of nitro groups is 1. The monoisotopic (exact) mass is 434 g/mol. The molecule has 0 radical (unpaired) electrons. The Hall–Kier alpha value is -4.27. The summed E-state index contributed by atoms with van der Waals surface area (Å²) >= 11 is 0. The zero-order valence-corrected chi connectivity index (χ0v) is 17.9. The third-order valence-electron chi connectivity index (χ3n) is 4.67. The van der Waals surface area contributed by atoms with Gasteiger partial charge in [-0.25, -0.2) is 5.43 Å². The van der Waals surface area contributed by atoms with Crippen molar-refractivity contribution in [3.8, 4) is 11.5 Å². The maximum atomic E-state index is 12.1. The molecule has 0 aliphatic carbocycles. The number of hydrogen-bond acceptors (Lipinski definition) is 7. The first-order valence-corrected chi connectivity index (χ1v) is 9.68. The highest BCUT2D eigenvalue weighted by atomic mass is 16.6. The van der Waals surface area contributed by atoms with Crippen LogP contribution in [0.2, 0.25) is 0 Å². The maximum absolute atomic E-state index is 12.1. The van der Waals surface area contributed by atoms with Crippen molar-refractivity contribution in [1.82, 2.24) is 10.4 Å². The van der Waals surface area contributed by atoms with E-state index in [-0.39, 0.29) is 23.8 Å². The number of carbonyl (C=O) groups excluding carboxylic acids is 1. The number of amides is 1. The minimum atomic E-state index is -0.548. The molecule has 0 aliphatic heterocycles. The van der Waals surface area contributed by atoms with E-state index < -0.39 is 10.8 Å². The van der Waals surface area contributed by atoms with Crippen LogP contribution in [0.1, 0.15) is 32.6 Å². The van der Waals surface area contributed by atoms with Crippen molar-refractivity contribution in [3.05, 3.63) is 92.8 Å². The lowest BCUT2D eigenvalue weighted by Crippen LogP contribution is -2.17. The molecule has 3 aromatic rings. The summed E-state index contributed by atoms with van der Waals surface area (Å²) in [6.45, 7) is 4.07. The van der Waals surface area contributed by atoms with Gasteiger partial charge in [-0.2, -0.15) is 5.10 Å². The smallest absolute Gasteiger partial charge is 0.315 e. The second-order valence-electron chi connectivity index (χ2n) is 6.98. The Morgan fingerprint density at radius 1 is 1.19 bits per heavy atom. The summed E-state index contributed by atoms with van der Waals surface area (Å²) in [4.78, 5) is 27.0. The number of benzene rings is 2. The quantitative estimate of drug-likeness (QED) is 0.326. The van der Waals surface area contributed by atoms with E-state index in [1.807, 2.05) is 32.0 Å². The molecule has 0 atom stereocenters.